The number of para-hydroxylation sites is 2. The van der Waals surface area contributed by atoms with Crippen LogP contribution in [0.5, 0.6) is 0 Å². The minimum atomic E-state index is 0.843. The van der Waals surface area contributed by atoms with Crippen molar-refractivity contribution in [2.45, 2.75) is 0 Å². The van der Waals surface area contributed by atoms with Crippen molar-refractivity contribution >= 4 is 65.2 Å². The third-order valence-electron chi connectivity index (χ3n) is 10.1. The molecule has 0 fully saturated rings. The Kier molecular flexibility index (Phi) is 4.84. The topological polar surface area (TPSA) is 30.7 Å². The first-order valence-electron chi connectivity index (χ1n) is 16.1. The van der Waals surface area contributed by atoms with Crippen LogP contribution in [-0.4, -0.2) is 14.5 Å². The number of hydrogen-bond acceptors (Lipinski definition) is 2. The van der Waals surface area contributed by atoms with Gasteiger partial charge in [-0.1, -0.05) is 127 Å². The lowest BCUT2D eigenvalue weighted by molar-refractivity contribution is 1.08. The maximum atomic E-state index is 5.39. The first-order chi connectivity index (χ1) is 23.3. The van der Waals surface area contributed by atoms with Crippen molar-refractivity contribution in [3.05, 3.63) is 152 Å². The summed E-state index contributed by atoms with van der Waals surface area (Å²) >= 11 is 0. The van der Waals surface area contributed by atoms with Gasteiger partial charge in [0.15, 0.2) is 5.82 Å². The minimum Gasteiger partial charge on any atom is -0.292 e. The molecule has 10 aromatic rings. The number of hydrogen-bond donors (Lipinski definition) is 0. The molecule has 2 heterocycles. The molecule has 3 heteroatoms. The molecular formula is C44H25N3. The largest absolute Gasteiger partial charge is 0.292 e. The molecule has 47 heavy (non-hydrogen) atoms. The second-order valence-electron chi connectivity index (χ2n) is 12.5. The second kappa shape index (κ2) is 9.12. The fraction of sp³-hybridized carbons (Fsp3) is 0. The van der Waals surface area contributed by atoms with E-state index < -0.39 is 0 Å². The van der Waals surface area contributed by atoms with Crippen LogP contribution in [0.3, 0.4) is 0 Å². The Hall–Kier alpha value is -6.32. The standard InChI is InChI=1S/C44H25N3/c1-3-10-26(11-4-1)30-21-22-33-31-15-9-14-27-18-19-28-20-24-36-41(39(28)38(27)31)42-37(25-23-32(30)40(33)42)47(36)44-43(29-12-5-2-6-13-29)45-34-16-7-8-17-35(34)46-44/h1-25H. The Labute approximate surface area is 270 Å². The quantitative estimate of drug-likeness (QED) is 0.190. The second-order valence-corrected chi connectivity index (χ2v) is 12.5. The highest BCUT2D eigenvalue weighted by Gasteiger charge is 2.27. The summed E-state index contributed by atoms with van der Waals surface area (Å²) in [5.41, 5.74) is 11.0. The van der Waals surface area contributed by atoms with Crippen LogP contribution in [0.25, 0.3) is 104 Å². The van der Waals surface area contributed by atoms with E-state index in [1.165, 1.54) is 65.3 Å². The van der Waals surface area contributed by atoms with Crippen LogP contribution in [0.1, 0.15) is 0 Å². The Morgan fingerprint density at radius 2 is 0.957 bits per heavy atom. The van der Waals surface area contributed by atoms with Crippen molar-refractivity contribution in [3.8, 4) is 39.3 Å². The number of rotatable bonds is 3. The molecule has 8 aromatic carbocycles. The van der Waals surface area contributed by atoms with Gasteiger partial charge in [-0.2, -0.15) is 0 Å². The fourth-order valence-corrected chi connectivity index (χ4v) is 8.11. The number of aromatic nitrogens is 3. The Bertz CT molecular complexity index is 2940. The smallest absolute Gasteiger partial charge is 0.165 e. The van der Waals surface area contributed by atoms with Crippen molar-refractivity contribution < 1.29 is 0 Å². The molecule has 0 amide bonds. The van der Waals surface area contributed by atoms with E-state index in [9.17, 15) is 0 Å². The van der Waals surface area contributed by atoms with Gasteiger partial charge in [0.05, 0.1) is 22.1 Å². The minimum absolute atomic E-state index is 0.843. The van der Waals surface area contributed by atoms with Crippen LogP contribution in [0.2, 0.25) is 0 Å². The Balaban J connectivity index is 1.41. The number of benzene rings is 8. The summed E-state index contributed by atoms with van der Waals surface area (Å²) in [5, 5.41) is 10.2. The molecular weight excluding hydrogens is 571 g/mol. The van der Waals surface area contributed by atoms with Crippen molar-refractivity contribution in [1.82, 2.24) is 14.5 Å². The summed E-state index contributed by atoms with van der Waals surface area (Å²) in [6.07, 6.45) is 0. The van der Waals surface area contributed by atoms with Crippen molar-refractivity contribution in [3.63, 3.8) is 0 Å². The van der Waals surface area contributed by atoms with E-state index in [0.717, 1.165) is 39.1 Å². The van der Waals surface area contributed by atoms with Crippen molar-refractivity contribution in [2.24, 2.45) is 0 Å². The van der Waals surface area contributed by atoms with Crippen LogP contribution in [0.15, 0.2) is 152 Å². The van der Waals surface area contributed by atoms with Gasteiger partial charge in [-0.05, 0) is 68.1 Å². The zero-order chi connectivity index (χ0) is 30.6. The van der Waals surface area contributed by atoms with Crippen LogP contribution in [-0.2, 0) is 0 Å². The summed E-state index contributed by atoms with van der Waals surface area (Å²) in [6, 6.07) is 54.6. The summed E-state index contributed by atoms with van der Waals surface area (Å²) in [5.74, 6) is 0.843. The van der Waals surface area contributed by atoms with E-state index in [4.69, 9.17) is 9.97 Å². The number of nitrogens with zero attached hydrogens (tertiary/aromatic N) is 3. The normalized spacial score (nSPS) is 12.3. The van der Waals surface area contributed by atoms with Crippen LogP contribution < -0.4 is 0 Å². The Morgan fingerprint density at radius 1 is 0.362 bits per heavy atom. The van der Waals surface area contributed by atoms with E-state index in [0.29, 0.717) is 0 Å². The van der Waals surface area contributed by atoms with Gasteiger partial charge in [0.1, 0.15) is 5.69 Å². The third-order valence-corrected chi connectivity index (χ3v) is 10.1. The molecule has 0 bridgehead atoms. The van der Waals surface area contributed by atoms with Gasteiger partial charge in [0.2, 0.25) is 0 Å². The maximum Gasteiger partial charge on any atom is 0.165 e. The van der Waals surface area contributed by atoms with Crippen molar-refractivity contribution in [2.75, 3.05) is 0 Å². The predicted octanol–water partition coefficient (Wildman–Crippen LogP) is 11.5. The summed E-state index contributed by atoms with van der Waals surface area (Å²) in [4.78, 5) is 10.7. The highest BCUT2D eigenvalue weighted by Crippen LogP contribution is 2.51. The molecule has 2 aromatic heterocycles. The van der Waals surface area contributed by atoms with Gasteiger partial charge in [-0.15, -0.1) is 0 Å². The highest BCUT2D eigenvalue weighted by atomic mass is 15.1. The van der Waals surface area contributed by atoms with Gasteiger partial charge in [0, 0.05) is 27.1 Å². The third kappa shape index (κ3) is 3.30. The van der Waals surface area contributed by atoms with Gasteiger partial charge in [0.25, 0.3) is 0 Å². The van der Waals surface area contributed by atoms with E-state index in [2.05, 4.69) is 144 Å². The molecule has 0 saturated carbocycles. The molecule has 0 radical (unpaired) electrons. The predicted molar refractivity (Wildman–Crippen MR) is 196 cm³/mol. The molecule has 0 saturated heterocycles. The zero-order valence-corrected chi connectivity index (χ0v) is 25.3. The first-order valence-corrected chi connectivity index (χ1v) is 16.1. The molecule has 216 valence electrons. The van der Waals surface area contributed by atoms with Crippen LogP contribution >= 0.6 is 0 Å². The first kappa shape index (κ1) is 24.9. The molecule has 11 rings (SSSR count). The molecule has 0 spiro atoms. The van der Waals surface area contributed by atoms with Crippen LogP contribution in [0, 0.1) is 0 Å². The molecule has 1 aliphatic carbocycles. The summed E-state index contributed by atoms with van der Waals surface area (Å²) < 4.78 is 2.37. The fourth-order valence-electron chi connectivity index (χ4n) is 8.11. The van der Waals surface area contributed by atoms with Gasteiger partial charge >= 0.3 is 0 Å². The van der Waals surface area contributed by atoms with Gasteiger partial charge < -0.3 is 0 Å². The van der Waals surface area contributed by atoms with E-state index in [1.807, 2.05) is 12.1 Å². The number of fused-ring (bicyclic) bond motifs is 2. The average Bonchev–Trinajstić information content (AvgIpc) is 3.41. The lowest BCUT2D eigenvalue weighted by atomic mass is 9.89. The van der Waals surface area contributed by atoms with E-state index in [-0.39, 0.29) is 0 Å². The monoisotopic (exact) mass is 595 g/mol. The summed E-state index contributed by atoms with van der Waals surface area (Å²) in [7, 11) is 0. The molecule has 3 nitrogen and oxygen atoms in total. The van der Waals surface area contributed by atoms with E-state index in [1.54, 1.807) is 0 Å². The molecule has 1 aliphatic rings. The lowest BCUT2D eigenvalue weighted by Crippen LogP contribution is -2.03. The molecule has 0 N–H and O–H groups in total. The average molecular weight is 596 g/mol. The molecule has 0 aliphatic heterocycles. The Morgan fingerprint density at radius 3 is 1.74 bits per heavy atom. The van der Waals surface area contributed by atoms with Crippen molar-refractivity contribution in [1.29, 1.82) is 0 Å². The van der Waals surface area contributed by atoms with Gasteiger partial charge in [-0.3, -0.25) is 4.57 Å². The van der Waals surface area contributed by atoms with Crippen LogP contribution in [0.4, 0.5) is 0 Å². The zero-order valence-electron chi connectivity index (χ0n) is 25.3. The molecule has 0 atom stereocenters. The molecule has 0 unspecified atom stereocenters. The van der Waals surface area contributed by atoms with Gasteiger partial charge in [-0.25, -0.2) is 9.97 Å². The summed E-state index contributed by atoms with van der Waals surface area (Å²) in [6.45, 7) is 0. The lowest BCUT2D eigenvalue weighted by Gasteiger charge is -2.17. The van der Waals surface area contributed by atoms with E-state index >= 15 is 0 Å². The SMILES string of the molecule is c1ccc(-c2nc3ccccc3nc2-n2c3ccc4c(-c5ccccc5)ccc5c4c3c3c4c(ccc6cccc-5c64)ccc32)cc1. The highest BCUT2D eigenvalue weighted by molar-refractivity contribution is 6.39. The maximum absolute atomic E-state index is 5.39.